The van der Waals surface area contributed by atoms with Crippen LogP contribution < -0.4 is 0 Å². The van der Waals surface area contributed by atoms with Gasteiger partial charge in [-0.15, -0.1) is 0 Å². The van der Waals surface area contributed by atoms with Crippen molar-refractivity contribution in [3.8, 4) is 0 Å². The van der Waals surface area contributed by atoms with Gasteiger partial charge in [0.25, 0.3) is 0 Å². The third kappa shape index (κ3) is 3.41. The van der Waals surface area contributed by atoms with Crippen molar-refractivity contribution in [3.63, 3.8) is 0 Å². The zero-order valence-corrected chi connectivity index (χ0v) is 10.6. The maximum absolute atomic E-state index is 5.20. The summed E-state index contributed by atoms with van der Waals surface area (Å²) in [6.45, 7) is 2.64. The average molecular weight is 272 g/mol. The molecule has 0 N–H and O–H groups in total. The van der Waals surface area contributed by atoms with Crippen LogP contribution in [0.25, 0.3) is 0 Å². The average Bonchev–Trinajstić information content (AvgIpc) is 2.26. The number of ether oxygens (including phenoxy) is 1. The Kier molecular flexibility index (Phi) is 5.16. The van der Waals surface area contributed by atoms with E-state index in [1.54, 1.807) is 6.26 Å². The van der Waals surface area contributed by atoms with E-state index >= 15 is 0 Å². The molecule has 0 bridgehead atoms. The Morgan fingerprint density at radius 1 is 1.50 bits per heavy atom. The van der Waals surface area contributed by atoms with Crippen LogP contribution in [0.4, 0.5) is 0 Å². The van der Waals surface area contributed by atoms with Crippen molar-refractivity contribution in [1.29, 1.82) is 0 Å². The Bertz CT molecular complexity index is 297. The van der Waals surface area contributed by atoms with Crippen molar-refractivity contribution in [2.24, 2.45) is 0 Å². The van der Waals surface area contributed by atoms with E-state index in [-0.39, 0.29) is 5.25 Å². The third-order valence-electron chi connectivity index (χ3n) is 1.75. The van der Waals surface area contributed by atoms with E-state index in [0.717, 1.165) is 4.47 Å². The van der Waals surface area contributed by atoms with Crippen LogP contribution in [0.2, 0.25) is 0 Å². The van der Waals surface area contributed by atoms with Crippen LogP contribution >= 0.6 is 12.6 Å². The topological polar surface area (TPSA) is 9.23 Å². The molecule has 14 heavy (non-hydrogen) atoms. The van der Waals surface area contributed by atoms with Gasteiger partial charge in [0.05, 0.1) is 0 Å². The summed E-state index contributed by atoms with van der Waals surface area (Å²) in [5.74, 6) is 0. The van der Waals surface area contributed by atoms with Crippen molar-refractivity contribution in [3.05, 3.63) is 46.6 Å². The van der Waals surface area contributed by atoms with E-state index in [1.807, 2.05) is 25.1 Å². The van der Waals surface area contributed by atoms with Crippen LogP contribution in [0, 0.1) is 0 Å². The molecule has 1 nitrogen and oxygen atoms in total. The molecule has 1 radical (unpaired) electrons. The molecule has 0 amide bonds. The third-order valence-corrected chi connectivity index (χ3v) is 3.42. The van der Waals surface area contributed by atoms with E-state index in [4.69, 9.17) is 4.74 Å². The molecule has 1 rings (SSSR count). The summed E-state index contributed by atoms with van der Waals surface area (Å²) >= 11 is 7.48. The van der Waals surface area contributed by atoms with Crippen LogP contribution in [0.5, 0.6) is 0 Å². The van der Waals surface area contributed by atoms with Gasteiger partial charge >= 0.3 is 98.8 Å². The van der Waals surface area contributed by atoms with Crippen molar-refractivity contribution in [2.75, 3.05) is 6.61 Å². The first-order valence-corrected chi connectivity index (χ1v) is 5.84. The van der Waals surface area contributed by atoms with Gasteiger partial charge in [0.1, 0.15) is 0 Å². The van der Waals surface area contributed by atoms with Gasteiger partial charge in [-0.05, 0) is 0 Å². The molecular formula is C11H13OSSe. The van der Waals surface area contributed by atoms with Crippen molar-refractivity contribution < 1.29 is 4.74 Å². The molecular weight excluding hydrogens is 259 g/mol. The predicted octanol–water partition coefficient (Wildman–Crippen LogP) is 2.70. The second-order valence-electron chi connectivity index (χ2n) is 2.79. The molecule has 1 atom stereocenters. The van der Waals surface area contributed by atoms with E-state index < -0.39 is 0 Å². The fourth-order valence-corrected chi connectivity index (χ4v) is 1.69. The normalized spacial score (nSPS) is 13.7. The monoisotopic (exact) mass is 273 g/mol. The summed E-state index contributed by atoms with van der Waals surface area (Å²) in [7, 11) is 0. The quantitative estimate of drug-likeness (QED) is 0.504. The molecule has 75 valence electrons. The molecule has 0 fully saturated rings. The molecule has 0 saturated carbocycles. The fraction of sp³-hybridized carbons (Fsp3) is 0.273. The molecule has 0 saturated heterocycles. The summed E-state index contributed by atoms with van der Waals surface area (Å²) in [6, 6.07) is 10.1. The Morgan fingerprint density at radius 2 is 2.14 bits per heavy atom. The molecule has 0 spiro atoms. The van der Waals surface area contributed by atoms with Gasteiger partial charge in [-0.3, -0.25) is 0 Å². The number of rotatable bonds is 4. The SMILES string of the molecule is CCO/C=C(\[Se])C(S)c1ccccc1. The van der Waals surface area contributed by atoms with Gasteiger partial charge in [-0.25, -0.2) is 0 Å². The second-order valence-corrected chi connectivity index (χ2v) is 4.29. The number of thiol groups is 1. The standard InChI is InChI=1S/C11H13OSSe/c1-2-12-8-10(14)11(13)9-6-4-3-5-7-9/h3-8,11,13H,2H2,1H3/b10-8-. The summed E-state index contributed by atoms with van der Waals surface area (Å²) in [5, 5.41) is 0.0720. The molecule has 0 aliphatic rings. The van der Waals surface area contributed by atoms with E-state index in [2.05, 4.69) is 40.8 Å². The Morgan fingerprint density at radius 3 is 2.71 bits per heavy atom. The van der Waals surface area contributed by atoms with Crippen molar-refractivity contribution in [1.82, 2.24) is 0 Å². The molecule has 0 aliphatic heterocycles. The first-order valence-electron chi connectivity index (χ1n) is 4.47. The summed E-state index contributed by atoms with van der Waals surface area (Å²) in [5.41, 5.74) is 1.17. The van der Waals surface area contributed by atoms with E-state index in [0.29, 0.717) is 6.61 Å². The maximum atomic E-state index is 5.20. The number of hydrogen-bond acceptors (Lipinski definition) is 2. The minimum atomic E-state index is 0.0720. The molecule has 1 aromatic carbocycles. The molecule has 3 heteroatoms. The van der Waals surface area contributed by atoms with Crippen molar-refractivity contribution in [2.45, 2.75) is 12.2 Å². The Balaban J connectivity index is 2.70. The summed E-state index contributed by atoms with van der Waals surface area (Å²) < 4.78 is 6.20. The van der Waals surface area contributed by atoms with E-state index in [1.165, 1.54) is 5.56 Å². The molecule has 1 unspecified atom stereocenters. The zero-order chi connectivity index (χ0) is 10.4. The van der Waals surface area contributed by atoms with Gasteiger partial charge in [-0.2, -0.15) is 0 Å². The van der Waals surface area contributed by atoms with Gasteiger partial charge in [0, 0.05) is 0 Å². The van der Waals surface area contributed by atoms with Gasteiger partial charge in [0.2, 0.25) is 0 Å². The van der Waals surface area contributed by atoms with E-state index in [9.17, 15) is 0 Å². The molecule has 1 aromatic rings. The molecule has 0 heterocycles. The van der Waals surface area contributed by atoms with Crippen LogP contribution in [-0.2, 0) is 4.74 Å². The zero-order valence-electron chi connectivity index (χ0n) is 8.01. The van der Waals surface area contributed by atoms with Crippen molar-refractivity contribution >= 4 is 28.6 Å². The summed E-state index contributed by atoms with van der Waals surface area (Å²) in [6.07, 6.45) is 1.73. The van der Waals surface area contributed by atoms with Crippen LogP contribution in [0.15, 0.2) is 41.1 Å². The first-order chi connectivity index (χ1) is 6.75. The molecule has 0 aliphatic carbocycles. The van der Waals surface area contributed by atoms with Gasteiger partial charge in [0.15, 0.2) is 0 Å². The Labute approximate surface area is 98.8 Å². The first kappa shape index (κ1) is 11.7. The predicted molar refractivity (Wildman–Crippen MR) is 63.6 cm³/mol. The fourth-order valence-electron chi connectivity index (χ4n) is 1.03. The molecule has 0 aromatic heterocycles. The van der Waals surface area contributed by atoms with Gasteiger partial charge < -0.3 is 0 Å². The van der Waals surface area contributed by atoms with Crippen LogP contribution in [0.3, 0.4) is 0 Å². The second kappa shape index (κ2) is 6.18. The number of hydrogen-bond donors (Lipinski definition) is 1. The summed E-state index contributed by atoms with van der Waals surface area (Å²) in [4.78, 5) is 0. The Hall–Kier alpha value is -0.371. The minimum absolute atomic E-state index is 0.0720. The number of benzene rings is 1. The van der Waals surface area contributed by atoms with Gasteiger partial charge in [-0.1, -0.05) is 0 Å². The van der Waals surface area contributed by atoms with Crippen LogP contribution in [0.1, 0.15) is 17.7 Å². The van der Waals surface area contributed by atoms with Crippen LogP contribution in [-0.4, -0.2) is 22.6 Å².